The van der Waals surface area contributed by atoms with Gasteiger partial charge in [-0.1, -0.05) is 68.3 Å². The van der Waals surface area contributed by atoms with Crippen molar-refractivity contribution in [3.63, 3.8) is 0 Å². The Balaban J connectivity index is 2.42. The molecule has 1 atom stereocenters. The van der Waals surface area contributed by atoms with Crippen LogP contribution in [0, 0.1) is 6.92 Å². The molecule has 2 aromatic carbocycles. The van der Waals surface area contributed by atoms with Crippen molar-refractivity contribution in [2.24, 2.45) is 0 Å². The molecule has 0 unspecified atom stereocenters. The largest absolute Gasteiger partial charge is 0.354 e. The van der Waals surface area contributed by atoms with E-state index in [1.54, 1.807) is 25.1 Å². The van der Waals surface area contributed by atoms with Gasteiger partial charge in [0.25, 0.3) is 0 Å². The van der Waals surface area contributed by atoms with Crippen LogP contribution >= 0.6 is 11.6 Å². The number of sulfonamides is 1. The van der Waals surface area contributed by atoms with Crippen molar-refractivity contribution in [2.75, 3.05) is 23.7 Å². The van der Waals surface area contributed by atoms with Crippen LogP contribution in [0.5, 0.6) is 0 Å². The Morgan fingerprint density at radius 3 is 2.32 bits per heavy atom. The van der Waals surface area contributed by atoms with Crippen LogP contribution in [-0.2, 0) is 26.2 Å². The summed E-state index contributed by atoms with van der Waals surface area (Å²) in [5.74, 6) is -0.712. The molecule has 7 nitrogen and oxygen atoms in total. The fraction of sp³-hybridized carbons (Fsp3) is 0.440. The molecule has 0 spiro atoms. The molecule has 0 aliphatic rings. The molecule has 9 heteroatoms. The van der Waals surface area contributed by atoms with Gasteiger partial charge in [0, 0.05) is 18.1 Å². The standard InChI is InChI=1S/C25H34ClN3O4S/c1-5-7-16-27-25(31)22(6-2)28(17-20-12-9-8-10-13-20)24(30)18-29(34(4,32)33)23-15-11-14-21(26)19(23)3/h8-15,22H,5-7,16-18H2,1-4H3,(H,27,31)/t22-/m1/s1. The molecule has 0 saturated carbocycles. The van der Waals surface area contributed by atoms with Crippen molar-refractivity contribution in [3.05, 3.63) is 64.7 Å². The van der Waals surface area contributed by atoms with E-state index >= 15 is 0 Å². The lowest BCUT2D eigenvalue weighted by Crippen LogP contribution is -2.52. The first-order chi connectivity index (χ1) is 16.1. The second-order valence-corrected chi connectivity index (χ2v) is 10.5. The second-order valence-electron chi connectivity index (χ2n) is 8.23. The number of unbranched alkanes of at least 4 members (excludes halogenated alkanes) is 1. The first kappa shape index (κ1) is 27.7. The van der Waals surface area contributed by atoms with E-state index in [-0.39, 0.29) is 12.5 Å². The highest BCUT2D eigenvalue weighted by atomic mass is 35.5. The highest BCUT2D eigenvalue weighted by molar-refractivity contribution is 7.92. The Labute approximate surface area is 208 Å². The highest BCUT2D eigenvalue weighted by Gasteiger charge is 2.32. The van der Waals surface area contributed by atoms with Crippen LogP contribution < -0.4 is 9.62 Å². The molecule has 1 N–H and O–H groups in total. The maximum atomic E-state index is 13.6. The molecule has 0 fully saturated rings. The summed E-state index contributed by atoms with van der Waals surface area (Å²) in [6.07, 6.45) is 3.22. The number of halogens is 1. The molecule has 0 aliphatic carbocycles. The first-order valence-corrected chi connectivity index (χ1v) is 13.7. The Bertz CT molecular complexity index is 1080. The fourth-order valence-electron chi connectivity index (χ4n) is 3.67. The van der Waals surface area contributed by atoms with Crippen molar-refractivity contribution in [2.45, 2.75) is 52.6 Å². The Hall–Kier alpha value is -2.58. The number of carbonyl (C=O) groups is 2. The van der Waals surface area contributed by atoms with Gasteiger partial charge in [0.15, 0.2) is 0 Å². The maximum Gasteiger partial charge on any atom is 0.244 e. The molecule has 0 radical (unpaired) electrons. The zero-order valence-electron chi connectivity index (χ0n) is 20.3. The Morgan fingerprint density at radius 2 is 1.74 bits per heavy atom. The summed E-state index contributed by atoms with van der Waals surface area (Å²) in [7, 11) is -3.80. The van der Waals surface area contributed by atoms with Crippen LogP contribution in [0.2, 0.25) is 5.02 Å². The van der Waals surface area contributed by atoms with Gasteiger partial charge in [-0.2, -0.15) is 0 Å². The average Bonchev–Trinajstić information content (AvgIpc) is 2.79. The van der Waals surface area contributed by atoms with E-state index in [9.17, 15) is 18.0 Å². The van der Waals surface area contributed by atoms with Gasteiger partial charge >= 0.3 is 0 Å². The lowest BCUT2D eigenvalue weighted by Gasteiger charge is -2.33. The maximum absolute atomic E-state index is 13.6. The third-order valence-electron chi connectivity index (χ3n) is 5.60. The van der Waals surface area contributed by atoms with Crippen LogP contribution in [0.1, 0.15) is 44.2 Å². The van der Waals surface area contributed by atoms with Gasteiger partial charge in [0.05, 0.1) is 11.9 Å². The monoisotopic (exact) mass is 507 g/mol. The van der Waals surface area contributed by atoms with Crippen LogP contribution in [0.25, 0.3) is 0 Å². The summed E-state index contributed by atoms with van der Waals surface area (Å²) in [6, 6.07) is 13.5. The Morgan fingerprint density at radius 1 is 1.06 bits per heavy atom. The van der Waals surface area contributed by atoms with Crippen LogP contribution in [-0.4, -0.2) is 50.5 Å². The molecular weight excluding hydrogens is 474 g/mol. The smallest absolute Gasteiger partial charge is 0.244 e. The number of hydrogen-bond acceptors (Lipinski definition) is 4. The normalized spacial score (nSPS) is 12.1. The van der Waals surface area contributed by atoms with E-state index in [0.717, 1.165) is 29.0 Å². The van der Waals surface area contributed by atoms with E-state index in [1.165, 1.54) is 4.90 Å². The third kappa shape index (κ3) is 7.46. The third-order valence-corrected chi connectivity index (χ3v) is 7.13. The zero-order chi connectivity index (χ0) is 25.3. The van der Waals surface area contributed by atoms with Gasteiger partial charge in [-0.3, -0.25) is 13.9 Å². The number of nitrogens with zero attached hydrogens (tertiary/aromatic N) is 2. The molecule has 2 amide bonds. The van der Waals surface area contributed by atoms with Gasteiger partial charge in [-0.25, -0.2) is 8.42 Å². The number of nitrogens with one attached hydrogen (secondary N) is 1. The molecule has 0 aromatic heterocycles. The zero-order valence-corrected chi connectivity index (χ0v) is 21.8. The number of rotatable bonds is 12. The van der Waals surface area contributed by atoms with Crippen molar-refractivity contribution in [1.82, 2.24) is 10.2 Å². The lowest BCUT2D eigenvalue weighted by molar-refractivity contribution is -0.140. The summed E-state index contributed by atoms with van der Waals surface area (Å²) < 4.78 is 26.4. The van der Waals surface area contributed by atoms with E-state index in [2.05, 4.69) is 5.32 Å². The van der Waals surface area contributed by atoms with Gasteiger partial charge in [-0.05, 0) is 43.0 Å². The number of carbonyl (C=O) groups excluding carboxylic acids is 2. The van der Waals surface area contributed by atoms with Crippen LogP contribution in [0.4, 0.5) is 5.69 Å². The first-order valence-electron chi connectivity index (χ1n) is 11.4. The lowest BCUT2D eigenvalue weighted by atomic mass is 10.1. The van der Waals surface area contributed by atoms with Gasteiger partial charge in [-0.15, -0.1) is 0 Å². The molecule has 2 rings (SSSR count). The van der Waals surface area contributed by atoms with Crippen LogP contribution in [0.3, 0.4) is 0 Å². The average molecular weight is 508 g/mol. The van der Waals surface area contributed by atoms with Gasteiger partial charge in [0.2, 0.25) is 21.8 Å². The fourth-order valence-corrected chi connectivity index (χ4v) is 4.74. The number of hydrogen-bond donors (Lipinski definition) is 1. The molecule has 0 saturated heterocycles. The molecular formula is C25H34ClN3O4S. The van der Waals surface area contributed by atoms with Crippen molar-refractivity contribution in [1.29, 1.82) is 0 Å². The highest BCUT2D eigenvalue weighted by Crippen LogP contribution is 2.28. The van der Waals surface area contributed by atoms with Gasteiger partial charge in [0.1, 0.15) is 12.6 Å². The van der Waals surface area contributed by atoms with Gasteiger partial charge < -0.3 is 10.2 Å². The minimum atomic E-state index is -3.80. The molecule has 0 heterocycles. The summed E-state index contributed by atoms with van der Waals surface area (Å²) in [5, 5.41) is 3.31. The van der Waals surface area contributed by atoms with Crippen molar-refractivity contribution < 1.29 is 18.0 Å². The summed E-state index contributed by atoms with van der Waals surface area (Å²) >= 11 is 6.22. The van der Waals surface area contributed by atoms with E-state index in [0.29, 0.717) is 29.2 Å². The molecule has 0 aliphatic heterocycles. The van der Waals surface area contributed by atoms with Crippen molar-refractivity contribution >= 4 is 39.1 Å². The minimum absolute atomic E-state index is 0.186. The van der Waals surface area contributed by atoms with E-state index in [4.69, 9.17) is 11.6 Å². The number of amides is 2. The van der Waals surface area contributed by atoms with E-state index < -0.39 is 28.5 Å². The molecule has 0 bridgehead atoms. The predicted molar refractivity (Wildman–Crippen MR) is 137 cm³/mol. The summed E-state index contributed by atoms with van der Waals surface area (Å²) in [6.45, 7) is 5.85. The SMILES string of the molecule is CCCCNC(=O)[C@@H](CC)N(Cc1ccccc1)C(=O)CN(c1cccc(Cl)c1C)S(C)(=O)=O. The quantitative estimate of drug-likeness (QED) is 0.437. The van der Waals surface area contributed by atoms with E-state index in [1.807, 2.05) is 44.2 Å². The number of benzene rings is 2. The second kappa shape index (κ2) is 12.8. The molecule has 186 valence electrons. The molecule has 2 aromatic rings. The predicted octanol–water partition coefficient (Wildman–Crippen LogP) is 4.14. The summed E-state index contributed by atoms with van der Waals surface area (Å²) in [4.78, 5) is 28.1. The minimum Gasteiger partial charge on any atom is -0.354 e. The summed E-state index contributed by atoms with van der Waals surface area (Å²) in [5.41, 5.74) is 1.74. The van der Waals surface area contributed by atoms with Crippen LogP contribution in [0.15, 0.2) is 48.5 Å². The Kier molecular flexibility index (Phi) is 10.4. The topological polar surface area (TPSA) is 86.8 Å². The number of anilines is 1. The molecule has 34 heavy (non-hydrogen) atoms. The van der Waals surface area contributed by atoms with Crippen molar-refractivity contribution in [3.8, 4) is 0 Å².